The molecule has 0 saturated carbocycles. The number of para-hydroxylation sites is 1. The zero-order valence-corrected chi connectivity index (χ0v) is 16.6. The van der Waals surface area contributed by atoms with Gasteiger partial charge in [-0.2, -0.15) is 0 Å². The highest BCUT2D eigenvalue weighted by Crippen LogP contribution is 2.49. The lowest BCUT2D eigenvalue weighted by atomic mass is 9.76. The highest BCUT2D eigenvalue weighted by molar-refractivity contribution is 6.13. The average Bonchev–Trinajstić information content (AvgIpc) is 3.33. The van der Waals surface area contributed by atoms with Crippen molar-refractivity contribution in [2.45, 2.75) is 31.0 Å². The molecule has 0 radical (unpaired) electrons. The Kier molecular flexibility index (Phi) is 4.27. The van der Waals surface area contributed by atoms with Gasteiger partial charge < -0.3 is 15.7 Å². The molecule has 5 atom stereocenters. The van der Waals surface area contributed by atoms with Gasteiger partial charge >= 0.3 is 0 Å². The molecule has 2 aromatic rings. The number of anilines is 1. The number of aliphatic hydroxyl groups is 1. The van der Waals surface area contributed by atoms with Gasteiger partial charge in [0.25, 0.3) is 5.91 Å². The summed E-state index contributed by atoms with van der Waals surface area (Å²) in [5.41, 5.74) is 1.18. The quantitative estimate of drug-likeness (QED) is 0.622. The number of quaternary nitrogens is 1. The summed E-state index contributed by atoms with van der Waals surface area (Å²) in [6, 6.07) is 16.4. The van der Waals surface area contributed by atoms with Crippen LogP contribution in [0.4, 0.5) is 5.69 Å². The summed E-state index contributed by atoms with van der Waals surface area (Å²) in [7, 11) is 0. The van der Waals surface area contributed by atoms with Crippen LogP contribution >= 0.6 is 0 Å². The number of likely N-dealkylation sites (tertiary alicyclic amines) is 1. The van der Waals surface area contributed by atoms with E-state index in [-0.39, 0.29) is 24.3 Å². The number of carbonyl (C=O) groups excluding carboxylic acids is 3. The van der Waals surface area contributed by atoms with Gasteiger partial charge in [-0.05, 0) is 25.0 Å². The van der Waals surface area contributed by atoms with Crippen molar-refractivity contribution >= 4 is 23.4 Å². The number of benzene rings is 2. The third-order valence-electron chi connectivity index (χ3n) is 6.82. The summed E-state index contributed by atoms with van der Waals surface area (Å²) in [5, 5.41) is 15.1. The second-order valence-electron chi connectivity index (χ2n) is 8.42. The summed E-state index contributed by atoms with van der Waals surface area (Å²) in [6.07, 6.45) is -0.292. The van der Waals surface area contributed by atoms with Crippen molar-refractivity contribution in [2.24, 2.45) is 11.8 Å². The van der Waals surface area contributed by atoms with E-state index in [4.69, 9.17) is 0 Å². The number of nitrogens with two attached hydrogens (primary N) is 1. The average molecular weight is 406 g/mol. The Balaban J connectivity index is 1.54. The maximum absolute atomic E-state index is 13.5. The predicted molar refractivity (Wildman–Crippen MR) is 108 cm³/mol. The molecular weight excluding hydrogens is 382 g/mol. The first kappa shape index (κ1) is 19.0. The van der Waals surface area contributed by atoms with Crippen LogP contribution in [-0.4, -0.2) is 46.4 Å². The molecule has 2 saturated heterocycles. The van der Waals surface area contributed by atoms with Crippen molar-refractivity contribution < 1.29 is 24.8 Å². The molecule has 1 spiro atoms. The van der Waals surface area contributed by atoms with Crippen LogP contribution in [-0.2, 0) is 26.3 Å². The van der Waals surface area contributed by atoms with Gasteiger partial charge in [-0.1, -0.05) is 48.5 Å². The fourth-order valence-corrected chi connectivity index (χ4v) is 5.45. The highest BCUT2D eigenvalue weighted by Gasteiger charge is 2.74. The Morgan fingerprint density at radius 2 is 1.77 bits per heavy atom. The minimum absolute atomic E-state index is 0.264. The zero-order chi connectivity index (χ0) is 21.0. The molecule has 2 fully saturated rings. The van der Waals surface area contributed by atoms with Crippen LogP contribution in [0.3, 0.4) is 0 Å². The van der Waals surface area contributed by atoms with Crippen LogP contribution in [0.25, 0.3) is 0 Å². The van der Waals surface area contributed by atoms with Crippen molar-refractivity contribution in [3.8, 4) is 0 Å². The minimum atomic E-state index is -1.23. The van der Waals surface area contributed by atoms with Crippen molar-refractivity contribution in [1.82, 2.24) is 4.90 Å². The molecule has 7 nitrogen and oxygen atoms in total. The lowest BCUT2D eigenvalue weighted by Crippen LogP contribution is -3.00. The van der Waals surface area contributed by atoms with Crippen LogP contribution in [0, 0.1) is 11.8 Å². The van der Waals surface area contributed by atoms with E-state index >= 15 is 0 Å². The molecule has 0 aromatic heterocycles. The smallest absolute Gasteiger partial charge is 0.291 e. The number of fused-ring (bicyclic) bond motifs is 4. The van der Waals surface area contributed by atoms with Crippen molar-refractivity contribution in [2.75, 3.05) is 11.9 Å². The van der Waals surface area contributed by atoms with Crippen molar-refractivity contribution in [3.63, 3.8) is 0 Å². The molecule has 3 heterocycles. The molecule has 0 bridgehead atoms. The molecule has 7 heteroatoms. The molecule has 4 N–H and O–H groups in total. The van der Waals surface area contributed by atoms with Gasteiger partial charge in [0, 0.05) is 12.1 Å². The van der Waals surface area contributed by atoms with E-state index in [1.807, 2.05) is 48.5 Å². The van der Waals surface area contributed by atoms with E-state index < -0.39 is 29.5 Å². The van der Waals surface area contributed by atoms with Crippen LogP contribution in [0.1, 0.15) is 18.1 Å². The summed E-state index contributed by atoms with van der Waals surface area (Å²) >= 11 is 0. The summed E-state index contributed by atoms with van der Waals surface area (Å²) in [5.74, 6) is -2.48. The first-order valence-electron chi connectivity index (χ1n) is 10.3. The summed E-state index contributed by atoms with van der Waals surface area (Å²) in [6.45, 7) is 1.88. The SMILES string of the molecule is C[C@H](O)[C@H]1[NH2+][C@]2(C(=O)Nc3ccccc32)[C@@H]2C(=O)N(CCc3ccccc3)C(=O)[C@H]12. The minimum Gasteiger partial charge on any atom is -0.387 e. The van der Waals surface area contributed by atoms with Gasteiger partial charge in [0.05, 0.1) is 5.69 Å². The molecule has 3 aliphatic rings. The van der Waals surface area contributed by atoms with Crippen molar-refractivity contribution in [1.29, 1.82) is 0 Å². The zero-order valence-electron chi connectivity index (χ0n) is 16.6. The molecule has 154 valence electrons. The third-order valence-corrected chi connectivity index (χ3v) is 6.82. The topological polar surface area (TPSA) is 103 Å². The Morgan fingerprint density at radius 1 is 1.07 bits per heavy atom. The molecule has 0 unspecified atom stereocenters. The molecular formula is C23H24N3O4+. The lowest BCUT2D eigenvalue weighted by Gasteiger charge is -2.27. The Morgan fingerprint density at radius 3 is 2.50 bits per heavy atom. The maximum Gasteiger partial charge on any atom is 0.291 e. The van der Waals surface area contributed by atoms with Crippen molar-refractivity contribution in [3.05, 3.63) is 65.7 Å². The fourth-order valence-electron chi connectivity index (χ4n) is 5.45. The number of rotatable bonds is 4. The fraction of sp³-hybridized carbons (Fsp3) is 0.348. The highest BCUT2D eigenvalue weighted by atomic mass is 16.3. The second kappa shape index (κ2) is 6.75. The van der Waals surface area contributed by atoms with E-state index in [2.05, 4.69) is 5.32 Å². The molecule has 3 aliphatic heterocycles. The Labute approximate surface area is 174 Å². The first-order valence-corrected chi connectivity index (χ1v) is 10.3. The van der Waals surface area contributed by atoms with Gasteiger partial charge in [0.15, 0.2) is 0 Å². The summed E-state index contributed by atoms with van der Waals surface area (Å²) < 4.78 is 0. The van der Waals surface area contributed by atoms with E-state index in [1.54, 1.807) is 18.3 Å². The van der Waals surface area contributed by atoms with Crippen LogP contribution in [0.15, 0.2) is 54.6 Å². The van der Waals surface area contributed by atoms with Gasteiger partial charge in [-0.3, -0.25) is 19.3 Å². The molecule has 0 aliphatic carbocycles. The second-order valence-corrected chi connectivity index (χ2v) is 8.42. The van der Waals surface area contributed by atoms with E-state index in [1.165, 1.54) is 4.90 Å². The molecule has 3 amide bonds. The number of aliphatic hydroxyl groups excluding tert-OH is 1. The maximum atomic E-state index is 13.5. The number of nitrogens with one attached hydrogen (secondary N) is 1. The molecule has 30 heavy (non-hydrogen) atoms. The Bertz CT molecular complexity index is 1040. The number of imide groups is 1. The number of hydrogen-bond acceptors (Lipinski definition) is 4. The number of carbonyl (C=O) groups is 3. The molecule has 5 rings (SSSR count). The Hall–Kier alpha value is -3.03. The van der Waals surface area contributed by atoms with Crippen LogP contribution in [0.2, 0.25) is 0 Å². The largest absolute Gasteiger partial charge is 0.387 e. The lowest BCUT2D eigenvalue weighted by molar-refractivity contribution is -0.738. The van der Waals surface area contributed by atoms with Gasteiger partial charge in [-0.15, -0.1) is 0 Å². The van der Waals surface area contributed by atoms with E-state index in [0.29, 0.717) is 17.7 Å². The summed E-state index contributed by atoms with van der Waals surface area (Å²) in [4.78, 5) is 41.4. The standard InChI is InChI=1S/C23H23N3O4/c1-13(27)19-17-18(23(25-19)15-9-5-6-10-16(15)24-22(23)30)21(29)26(20(17)28)12-11-14-7-3-2-4-8-14/h2-10,13,17-19,25,27H,11-12H2,1H3,(H,24,30)/p+1/t13-,17-,18-,19+,23-/m0/s1. The number of hydrogen-bond donors (Lipinski definition) is 3. The van der Waals surface area contributed by atoms with Crippen LogP contribution < -0.4 is 10.6 Å². The van der Waals surface area contributed by atoms with Gasteiger partial charge in [-0.25, -0.2) is 0 Å². The van der Waals surface area contributed by atoms with Gasteiger partial charge in [0.2, 0.25) is 17.4 Å². The van der Waals surface area contributed by atoms with E-state index in [0.717, 1.165) is 5.56 Å². The first-order chi connectivity index (χ1) is 14.4. The number of amides is 3. The monoisotopic (exact) mass is 406 g/mol. The predicted octanol–water partition coefficient (Wildman–Crippen LogP) is 0.00430. The third kappa shape index (κ3) is 2.49. The van der Waals surface area contributed by atoms with Crippen LogP contribution in [0.5, 0.6) is 0 Å². The van der Waals surface area contributed by atoms with E-state index in [9.17, 15) is 19.5 Å². The molecule has 2 aromatic carbocycles. The van der Waals surface area contributed by atoms with Gasteiger partial charge in [0.1, 0.15) is 24.0 Å². The number of nitrogens with zero attached hydrogens (tertiary/aromatic N) is 1. The normalized spacial score (nSPS) is 30.5.